The molecule has 0 unspecified atom stereocenters. The number of para-hydroxylation sites is 1. The molecule has 3 amide bonds. The van der Waals surface area contributed by atoms with Gasteiger partial charge in [-0.2, -0.15) is 0 Å². The van der Waals surface area contributed by atoms with Gasteiger partial charge in [0.05, 0.1) is 6.67 Å². The van der Waals surface area contributed by atoms with Crippen molar-refractivity contribution in [3.05, 3.63) is 102 Å². The third-order valence-corrected chi connectivity index (χ3v) is 7.50. The van der Waals surface area contributed by atoms with Gasteiger partial charge in [-0.25, -0.2) is 0 Å². The predicted octanol–water partition coefficient (Wildman–Crippen LogP) is 3.59. The molecule has 7 nitrogen and oxygen atoms in total. The minimum atomic E-state index is -0.774. The van der Waals surface area contributed by atoms with E-state index in [0.717, 1.165) is 16.8 Å². The first kappa shape index (κ1) is 24.6. The van der Waals surface area contributed by atoms with Gasteiger partial charge in [0.25, 0.3) is 11.8 Å². The third kappa shape index (κ3) is 4.94. The Balaban J connectivity index is 1.31. The average Bonchev–Trinajstić information content (AvgIpc) is 3.19. The number of hydrogen-bond donors (Lipinski definition) is 1. The lowest BCUT2D eigenvalue weighted by Crippen LogP contribution is -2.57. The van der Waals surface area contributed by atoms with Crippen LogP contribution in [-0.2, 0) is 16.1 Å². The van der Waals surface area contributed by atoms with Crippen molar-refractivity contribution < 1.29 is 14.4 Å². The van der Waals surface area contributed by atoms with Gasteiger partial charge >= 0.3 is 0 Å². The summed E-state index contributed by atoms with van der Waals surface area (Å²) in [5.74, 6) is -0.231. The fourth-order valence-corrected chi connectivity index (χ4v) is 5.41. The Hall–Kier alpha value is -4.13. The zero-order chi connectivity index (χ0) is 25.8. The number of piperidine rings is 1. The quantitative estimate of drug-likeness (QED) is 0.566. The molecule has 37 heavy (non-hydrogen) atoms. The first-order valence-corrected chi connectivity index (χ1v) is 12.8. The number of carbonyl (C=O) groups excluding carboxylic acids is 3. The van der Waals surface area contributed by atoms with E-state index in [1.54, 1.807) is 4.90 Å². The number of nitrogens with one attached hydrogen (secondary N) is 1. The van der Waals surface area contributed by atoms with Crippen molar-refractivity contribution in [2.45, 2.75) is 31.8 Å². The topological polar surface area (TPSA) is 73.0 Å². The molecule has 2 heterocycles. The largest absolute Gasteiger partial charge is 0.350 e. The maximum absolute atomic E-state index is 13.9. The van der Waals surface area contributed by atoms with Crippen LogP contribution in [0.25, 0.3) is 0 Å². The monoisotopic (exact) mass is 496 g/mol. The standard InChI is InChI=1S/C30H32N4O3/c1-23-10-8-9-15-26(23)28(36)32-18-16-30(17-19-32)29(37)33(22-34(30)25-13-6-3-7-14-25)21-27(35)31-20-24-11-4-2-5-12-24/h2-15H,16-22H2,1H3,(H,31,35). The number of rotatable bonds is 6. The van der Waals surface area contributed by atoms with Gasteiger partial charge in [0.1, 0.15) is 12.1 Å². The van der Waals surface area contributed by atoms with Crippen molar-refractivity contribution in [3.8, 4) is 0 Å². The lowest BCUT2D eigenvalue weighted by atomic mass is 9.85. The minimum absolute atomic E-state index is 0.00167. The Kier molecular flexibility index (Phi) is 6.95. The fourth-order valence-electron chi connectivity index (χ4n) is 5.41. The van der Waals surface area contributed by atoms with Crippen LogP contribution in [0.5, 0.6) is 0 Å². The molecular formula is C30H32N4O3. The lowest BCUT2D eigenvalue weighted by molar-refractivity contribution is -0.137. The molecule has 0 saturated carbocycles. The Morgan fingerprint density at radius 2 is 1.49 bits per heavy atom. The third-order valence-electron chi connectivity index (χ3n) is 7.50. The van der Waals surface area contributed by atoms with Crippen LogP contribution in [0.1, 0.15) is 34.3 Å². The number of aryl methyl sites for hydroxylation is 1. The summed E-state index contributed by atoms with van der Waals surface area (Å²) < 4.78 is 0. The molecule has 2 saturated heterocycles. The van der Waals surface area contributed by atoms with Gasteiger partial charge in [-0.05, 0) is 49.1 Å². The molecule has 3 aromatic rings. The normalized spacial score (nSPS) is 16.8. The zero-order valence-electron chi connectivity index (χ0n) is 21.1. The van der Waals surface area contributed by atoms with Gasteiger partial charge in [0.2, 0.25) is 5.91 Å². The van der Waals surface area contributed by atoms with Crippen molar-refractivity contribution in [1.82, 2.24) is 15.1 Å². The number of likely N-dealkylation sites (tertiary alicyclic amines) is 1. The second kappa shape index (κ2) is 10.5. The maximum Gasteiger partial charge on any atom is 0.254 e. The smallest absolute Gasteiger partial charge is 0.254 e. The highest BCUT2D eigenvalue weighted by Gasteiger charge is 2.54. The number of benzene rings is 3. The minimum Gasteiger partial charge on any atom is -0.350 e. The van der Waals surface area contributed by atoms with Crippen LogP contribution >= 0.6 is 0 Å². The van der Waals surface area contributed by atoms with E-state index in [-0.39, 0.29) is 24.3 Å². The van der Waals surface area contributed by atoms with Crippen LogP contribution in [0.3, 0.4) is 0 Å². The van der Waals surface area contributed by atoms with E-state index in [9.17, 15) is 14.4 Å². The van der Waals surface area contributed by atoms with E-state index < -0.39 is 5.54 Å². The number of carbonyl (C=O) groups is 3. The van der Waals surface area contributed by atoms with Gasteiger partial charge in [-0.15, -0.1) is 0 Å². The molecule has 3 aromatic carbocycles. The lowest BCUT2D eigenvalue weighted by Gasteiger charge is -2.43. The number of hydrogen-bond acceptors (Lipinski definition) is 4. The molecule has 2 aliphatic heterocycles. The van der Waals surface area contributed by atoms with Crippen LogP contribution < -0.4 is 10.2 Å². The van der Waals surface area contributed by atoms with E-state index in [0.29, 0.717) is 44.7 Å². The highest BCUT2D eigenvalue weighted by Crippen LogP contribution is 2.39. The SMILES string of the molecule is Cc1ccccc1C(=O)N1CCC2(CC1)C(=O)N(CC(=O)NCc1ccccc1)CN2c1ccccc1. The highest BCUT2D eigenvalue weighted by atomic mass is 16.2. The van der Waals surface area contributed by atoms with Crippen molar-refractivity contribution in [2.75, 3.05) is 31.2 Å². The summed E-state index contributed by atoms with van der Waals surface area (Å²) in [5.41, 5.74) is 2.83. The Labute approximate surface area is 217 Å². The van der Waals surface area contributed by atoms with E-state index in [1.165, 1.54) is 0 Å². The van der Waals surface area contributed by atoms with Crippen LogP contribution in [0.4, 0.5) is 5.69 Å². The van der Waals surface area contributed by atoms with Gasteiger partial charge in [0.15, 0.2) is 0 Å². The van der Waals surface area contributed by atoms with E-state index >= 15 is 0 Å². The summed E-state index contributed by atoms with van der Waals surface area (Å²) in [5, 5.41) is 2.93. The summed E-state index contributed by atoms with van der Waals surface area (Å²) in [6.07, 6.45) is 1.03. The molecule has 0 bridgehead atoms. The first-order chi connectivity index (χ1) is 18.0. The van der Waals surface area contributed by atoms with E-state index in [4.69, 9.17) is 0 Å². The van der Waals surface area contributed by atoms with Crippen LogP contribution in [0.15, 0.2) is 84.9 Å². The summed E-state index contributed by atoms with van der Waals surface area (Å²) >= 11 is 0. The van der Waals surface area contributed by atoms with Gasteiger partial charge in [-0.3, -0.25) is 14.4 Å². The zero-order valence-corrected chi connectivity index (χ0v) is 21.1. The Morgan fingerprint density at radius 1 is 0.865 bits per heavy atom. The number of nitrogens with zero attached hydrogens (tertiary/aromatic N) is 3. The van der Waals surface area contributed by atoms with Crippen LogP contribution in [-0.4, -0.2) is 59.4 Å². The summed E-state index contributed by atoms with van der Waals surface area (Å²) in [6.45, 7) is 3.67. The summed E-state index contributed by atoms with van der Waals surface area (Å²) in [4.78, 5) is 45.5. The molecule has 5 rings (SSSR count). The second-order valence-electron chi connectivity index (χ2n) is 9.81. The molecule has 0 aliphatic carbocycles. The van der Waals surface area contributed by atoms with Gasteiger partial charge < -0.3 is 20.0 Å². The van der Waals surface area contributed by atoms with Crippen molar-refractivity contribution in [1.29, 1.82) is 0 Å². The van der Waals surface area contributed by atoms with E-state index in [2.05, 4.69) is 10.2 Å². The highest BCUT2D eigenvalue weighted by molar-refractivity contribution is 5.98. The molecule has 0 radical (unpaired) electrons. The molecule has 190 valence electrons. The Morgan fingerprint density at radius 3 is 2.16 bits per heavy atom. The van der Waals surface area contributed by atoms with Gasteiger partial charge in [0, 0.05) is 30.9 Å². The molecule has 0 atom stereocenters. The molecular weight excluding hydrogens is 464 g/mol. The van der Waals surface area contributed by atoms with Crippen molar-refractivity contribution in [3.63, 3.8) is 0 Å². The number of amides is 3. The number of anilines is 1. The van der Waals surface area contributed by atoms with Crippen LogP contribution in [0, 0.1) is 6.92 Å². The second-order valence-corrected chi connectivity index (χ2v) is 9.81. The molecule has 7 heteroatoms. The molecule has 2 fully saturated rings. The molecule has 1 N–H and O–H groups in total. The van der Waals surface area contributed by atoms with Crippen molar-refractivity contribution in [2.24, 2.45) is 0 Å². The summed E-state index contributed by atoms with van der Waals surface area (Å²) in [7, 11) is 0. The predicted molar refractivity (Wildman–Crippen MR) is 143 cm³/mol. The molecule has 1 spiro atoms. The van der Waals surface area contributed by atoms with Crippen molar-refractivity contribution >= 4 is 23.4 Å². The van der Waals surface area contributed by atoms with Gasteiger partial charge in [-0.1, -0.05) is 66.7 Å². The Bertz CT molecular complexity index is 1270. The van der Waals surface area contributed by atoms with E-state index in [1.807, 2.05) is 96.8 Å². The first-order valence-electron chi connectivity index (χ1n) is 12.8. The fraction of sp³-hybridized carbons (Fsp3) is 0.300. The molecule has 2 aliphatic rings. The molecule has 0 aromatic heterocycles. The average molecular weight is 497 g/mol. The van der Waals surface area contributed by atoms with Crippen LogP contribution in [0.2, 0.25) is 0 Å². The maximum atomic E-state index is 13.9. The summed E-state index contributed by atoms with van der Waals surface area (Å²) in [6, 6.07) is 27.2.